The van der Waals surface area contributed by atoms with E-state index in [1.54, 1.807) is 0 Å². The van der Waals surface area contributed by atoms with Gasteiger partial charge in [0.25, 0.3) is 0 Å². The van der Waals surface area contributed by atoms with Crippen molar-refractivity contribution in [3.05, 3.63) is 12.1 Å². The largest absolute Gasteiger partial charge is 1.00 e. The number of hydrogen-bond donors (Lipinski definition) is 0. The molecule has 0 heterocycles. The van der Waals surface area contributed by atoms with Crippen LogP contribution in [0.5, 0.6) is 17.2 Å². The van der Waals surface area contributed by atoms with Crippen molar-refractivity contribution in [1.82, 2.24) is 0 Å². The van der Waals surface area contributed by atoms with E-state index in [-0.39, 0.29) is 46.0 Å². The molecule has 1 atom stereocenters. The minimum atomic E-state index is -2.42. The van der Waals surface area contributed by atoms with Crippen molar-refractivity contribution < 1.29 is 52.5 Å². The Bertz CT molecular complexity index is 357. The standard InChI is InChI=1S/C9H12O5S.Na/c1-12-6-4-7(13-2)9(15(10)11)8(5-6)14-3;/h4-5H,1-3H3,(H,10,11);/q;+1/p-1. The van der Waals surface area contributed by atoms with Gasteiger partial charge in [-0.15, -0.1) is 0 Å². The van der Waals surface area contributed by atoms with Crippen LogP contribution in [-0.2, 0) is 11.1 Å². The number of hydrogen-bond acceptors (Lipinski definition) is 5. The summed E-state index contributed by atoms with van der Waals surface area (Å²) in [5, 5.41) is 0. The molecule has 1 aromatic rings. The molecule has 0 fully saturated rings. The van der Waals surface area contributed by atoms with E-state index < -0.39 is 11.1 Å². The molecule has 0 radical (unpaired) electrons. The van der Waals surface area contributed by atoms with E-state index in [0.717, 1.165) is 0 Å². The average Bonchev–Trinajstić information content (AvgIpc) is 2.26. The Kier molecular flexibility index (Phi) is 7.01. The predicted molar refractivity (Wildman–Crippen MR) is 53.3 cm³/mol. The fourth-order valence-corrected chi connectivity index (χ4v) is 1.75. The maximum atomic E-state index is 11.0. The molecule has 0 saturated heterocycles. The smallest absolute Gasteiger partial charge is 0.768 e. The summed E-state index contributed by atoms with van der Waals surface area (Å²) in [5.74, 6) is 0.858. The topological polar surface area (TPSA) is 67.8 Å². The van der Waals surface area contributed by atoms with Crippen molar-refractivity contribution in [1.29, 1.82) is 0 Å². The Labute approximate surface area is 119 Å². The maximum Gasteiger partial charge on any atom is 1.00 e. The summed E-state index contributed by atoms with van der Waals surface area (Å²) in [4.78, 5) is -0.0131. The van der Waals surface area contributed by atoms with Crippen molar-refractivity contribution in [2.45, 2.75) is 4.90 Å². The molecule has 0 amide bonds. The van der Waals surface area contributed by atoms with Gasteiger partial charge in [0.05, 0.1) is 21.3 Å². The first kappa shape index (κ1) is 15.7. The van der Waals surface area contributed by atoms with Crippen molar-refractivity contribution in [2.75, 3.05) is 21.3 Å². The number of methoxy groups -OCH3 is 3. The van der Waals surface area contributed by atoms with E-state index in [9.17, 15) is 8.76 Å². The maximum absolute atomic E-state index is 11.0. The number of benzene rings is 1. The molecular weight excluding hydrogens is 243 g/mol. The monoisotopic (exact) mass is 254 g/mol. The van der Waals surface area contributed by atoms with Crippen LogP contribution >= 0.6 is 0 Å². The molecule has 5 nitrogen and oxygen atoms in total. The minimum absolute atomic E-state index is 0. The van der Waals surface area contributed by atoms with Gasteiger partial charge in [-0.2, -0.15) is 0 Å². The molecule has 1 rings (SSSR count). The van der Waals surface area contributed by atoms with Crippen molar-refractivity contribution in [3.63, 3.8) is 0 Å². The van der Waals surface area contributed by atoms with Crippen LogP contribution in [0.3, 0.4) is 0 Å². The third-order valence-electron chi connectivity index (χ3n) is 1.84. The molecule has 1 aromatic carbocycles. The number of rotatable bonds is 4. The summed E-state index contributed by atoms with van der Waals surface area (Å²) in [5.41, 5.74) is 0. The summed E-state index contributed by atoms with van der Waals surface area (Å²) in [6, 6.07) is 2.96. The van der Waals surface area contributed by atoms with Gasteiger partial charge in [0.2, 0.25) is 0 Å². The zero-order valence-corrected chi connectivity index (χ0v) is 12.4. The van der Waals surface area contributed by atoms with Crippen LogP contribution in [0.25, 0.3) is 0 Å². The zero-order chi connectivity index (χ0) is 11.4. The van der Waals surface area contributed by atoms with Gasteiger partial charge >= 0.3 is 29.6 Å². The second-order valence-electron chi connectivity index (χ2n) is 2.60. The van der Waals surface area contributed by atoms with E-state index in [4.69, 9.17) is 14.2 Å². The Morgan fingerprint density at radius 1 is 1.06 bits per heavy atom. The van der Waals surface area contributed by atoms with Crippen LogP contribution in [0.4, 0.5) is 0 Å². The fraction of sp³-hybridized carbons (Fsp3) is 0.333. The molecule has 1 unspecified atom stereocenters. The number of ether oxygens (including phenoxy) is 3. The molecule has 0 spiro atoms. The summed E-state index contributed by atoms with van der Waals surface area (Å²) < 4.78 is 36.8. The molecule has 0 aromatic heterocycles. The van der Waals surface area contributed by atoms with Gasteiger partial charge in [-0.1, -0.05) is 0 Å². The van der Waals surface area contributed by atoms with Crippen LogP contribution < -0.4 is 43.8 Å². The third kappa shape index (κ3) is 3.36. The first-order valence-electron chi connectivity index (χ1n) is 4.03. The van der Waals surface area contributed by atoms with Gasteiger partial charge in [-0.3, -0.25) is 4.21 Å². The zero-order valence-electron chi connectivity index (χ0n) is 9.60. The van der Waals surface area contributed by atoms with Crippen molar-refractivity contribution >= 4 is 11.1 Å². The van der Waals surface area contributed by atoms with Gasteiger partial charge in [-0.25, -0.2) is 0 Å². The second kappa shape index (κ2) is 7.13. The van der Waals surface area contributed by atoms with Gasteiger partial charge in [-0.05, 0) is 11.1 Å². The van der Waals surface area contributed by atoms with Crippen LogP contribution in [-0.4, -0.2) is 30.1 Å². The fourth-order valence-electron chi connectivity index (χ4n) is 1.14. The van der Waals surface area contributed by atoms with E-state index >= 15 is 0 Å². The Morgan fingerprint density at radius 3 is 1.75 bits per heavy atom. The summed E-state index contributed by atoms with van der Waals surface area (Å²) in [7, 11) is 4.23. The molecule has 7 heteroatoms. The van der Waals surface area contributed by atoms with Crippen LogP contribution in [0.1, 0.15) is 0 Å². The molecule has 0 aliphatic heterocycles. The van der Waals surface area contributed by atoms with Gasteiger partial charge in [0.1, 0.15) is 22.1 Å². The average molecular weight is 254 g/mol. The quantitative estimate of drug-likeness (QED) is 0.457. The third-order valence-corrected chi connectivity index (χ3v) is 2.57. The SMILES string of the molecule is COc1cc(OC)c(S(=O)[O-])c(OC)c1.[Na+]. The van der Waals surface area contributed by atoms with Crippen molar-refractivity contribution in [3.8, 4) is 17.2 Å². The Hall–Kier alpha value is -0.270. The van der Waals surface area contributed by atoms with Crippen LogP contribution in [0, 0.1) is 0 Å². The molecule has 84 valence electrons. The Balaban J connectivity index is 0.00000225. The summed E-state index contributed by atoms with van der Waals surface area (Å²) in [6.45, 7) is 0. The minimum Gasteiger partial charge on any atom is -0.768 e. The molecule has 0 saturated carbocycles. The van der Waals surface area contributed by atoms with Crippen LogP contribution in [0.15, 0.2) is 17.0 Å². The molecular formula is C9H11NaO5S. The van der Waals surface area contributed by atoms with Gasteiger partial charge in [0.15, 0.2) is 0 Å². The molecule has 0 N–H and O–H groups in total. The van der Waals surface area contributed by atoms with E-state index in [2.05, 4.69) is 0 Å². The molecule has 0 aliphatic rings. The first-order chi connectivity index (χ1) is 7.13. The normalized spacial score (nSPS) is 11.2. The summed E-state index contributed by atoms with van der Waals surface area (Å²) in [6.07, 6.45) is 0. The van der Waals surface area contributed by atoms with E-state index in [1.165, 1.54) is 33.5 Å². The van der Waals surface area contributed by atoms with E-state index in [1.807, 2.05) is 0 Å². The van der Waals surface area contributed by atoms with Crippen molar-refractivity contribution in [2.24, 2.45) is 0 Å². The van der Waals surface area contributed by atoms with Gasteiger partial charge < -0.3 is 18.8 Å². The molecule has 0 bridgehead atoms. The Morgan fingerprint density at radius 2 is 1.50 bits per heavy atom. The van der Waals surface area contributed by atoms with E-state index in [0.29, 0.717) is 5.75 Å². The summed E-state index contributed by atoms with van der Waals surface area (Å²) >= 11 is -2.42. The molecule has 16 heavy (non-hydrogen) atoms. The predicted octanol–water partition coefficient (Wildman–Crippen LogP) is -2.05. The first-order valence-corrected chi connectivity index (χ1v) is 5.10. The van der Waals surface area contributed by atoms with Gasteiger partial charge in [0, 0.05) is 12.1 Å². The molecule has 0 aliphatic carbocycles. The van der Waals surface area contributed by atoms with Crippen LogP contribution in [0.2, 0.25) is 0 Å². The second-order valence-corrected chi connectivity index (χ2v) is 3.47.